The van der Waals surface area contributed by atoms with Gasteiger partial charge < -0.3 is 10.6 Å². The number of guanidine groups is 1. The molecule has 0 aliphatic carbocycles. The van der Waals surface area contributed by atoms with Crippen LogP contribution in [0.25, 0.3) is 0 Å². The summed E-state index contributed by atoms with van der Waals surface area (Å²) < 4.78 is 15.8. The molecule has 1 heterocycles. The van der Waals surface area contributed by atoms with E-state index < -0.39 is 0 Å². The first-order chi connectivity index (χ1) is 12.9. The summed E-state index contributed by atoms with van der Waals surface area (Å²) in [4.78, 5) is 4.77. The van der Waals surface area contributed by atoms with Gasteiger partial charge in [-0.1, -0.05) is 26.0 Å². The van der Waals surface area contributed by atoms with E-state index in [-0.39, 0.29) is 11.9 Å². The van der Waals surface area contributed by atoms with Gasteiger partial charge in [-0.05, 0) is 50.8 Å². The predicted octanol–water partition coefficient (Wildman–Crippen LogP) is 3.81. The number of nitrogens with zero attached hydrogens (tertiary/aromatic N) is 3. The second-order valence-corrected chi connectivity index (χ2v) is 6.77. The summed E-state index contributed by atoms with van der Waals surface area (Å²) in [6.07, 6.45) is 1.82. The summed E-state index contributed by atoms with van der Waals surface area (Å²) in [6, 6.07) is 5.29. The third kappa shape index (κ3) is 5.08. The number of halogens is 1. The van der Waals surface area contributed by atoms with Crippen molar-refractivity contribution in [3.05, 3.63) is 52.1 Å². The Morgan fingerprint density at radius 2 is 2.00 bits per heavy atom. The van der Waals surface area contributed by atoms with Crippen LogP contribution in [-0.4, -0.2) is 22.3 Å². The molecule has 0 bridgehead atoms. The molecule has 2 rings (SSSR count). The Balaban J connectivity index is 2.20. The third-order valence-electron chi connectivity index (χ3n) is 4.82. The smallest absolute Gasteiger partial charge is 0.192 e. The Morgan fingerprint density at radius 3 is 2.59 bits per heavy atom. The molecule has 2 N–H and O–H groups in total. The van der Waals surface area contributed by atoms with Crippen molar-refractivity contribution in [2.45, 2.75) is 60.0 Å². The third-order valence-corrected chi connectivity index (χ3v) is 4.82. The molecule has 0 spiro atoms. The standard InChI is InChI=1S/C21H32FN5/c1-7-19-17(20(8-2)27(6)26-19)13-24-21(23-9-3)25-15(5)16-11-10-14(4)18(22)12-16/h10-12,15H,7-9,13H2,1-6H3,(H2,23,24,25). The minimum Gasteiger partial charge on any atom is -0.357 e. The van der Waals surface area contributed by atoms with E-state index >= 15 is 0 Å². The number of aryl methyl sites for hydroxylation is 3. The van der Waals surface area contributed by atoms with E-state index in [2.05, 4.69) is 29.6 Å². The van der Waals surface area contributed by atoms with Crippen LogP contribution in [0.1, 0.15) is 61.8 Å². The van der Waals surface area contributed by atoms with Crippen molar-refractivity contribution in [2.24, 2.45) is 12.0 Å². The highest BCUT2D eigenvalue weighted by Crippen LogP contribution is 2.18. The van der Waals surface area contributed by atoms with E-state index in [4.69, 9.17) is 4.99 Å². The lowest BCUT2D eigenvalue weighted by Crippen LogP contribution is -2.38. The Morgan fingerprint density at radius 1 is 1.26 bits per heavy atom. The van der Waals surface area contributed by atoms with Crippen LogP contribution in [0.4, 0.5) is 4.39 Å². The molecule has 0 aliphatic heterocycles. The van der Waals surface area contributed by atoms with E-state index in [1.165, 1.54) is 11.3 Å². The Labute approximate surface area is 162 Å². The van der Waals surface area contributed by atoms with Gasteiger partial charge in [0.05, 0.1) is 18.3 Å². The van der Waals surface area contributed by atoms with E-state index in [0.29, 0.717) is 12.1 Å². The molecule has 0 aliphatic rings. The van der Waals surface area contributed by atoms with Crippen LogP contribution in [0, 0.1) is 12.7 Å². The quantitative estimate of drug-likeness (QED) is 0.573. The van der Waals surface area contributed by atoms with E-state index in [9.17, 15) is 4.39 Å². The molecule has 148 valence electrons. The SMILES string of the molecule is CCNC(=NCc1c(CC)nn(C)c1CC)NC(C)c1ccc(C)c(F)c1. The molecular weight excluding hydrogens is 341 g/mol. The number of hydrogen-bond acceptors (Lipinski definition) is 2. The zero-order valence-electron chi connectivity index (χ0n) is 17.4. The van der Waals surface area contributed by atoms with Crippen molar-refractivity contribution in [3.8, 4) is 0 Å². The molecule has 0 saturated heterocycles. The first-order valence-corrected chi connectivity index (χ1v) is 9.75. The van der Waals surface area contributed by atoms with E-state index in [1.807, 2.05) is 37.7 Å². The predicted molar refractivity (Wildman–Crippen MR) is 109 cm³/mol. The van der Waals surface area contributed by atoms with Crippen molar-refractivity contribution in [2.75, 3.05) is 6.54 Å². The fourth-order valence-electron chi connectivity index (χ4n) is 3.22. The van der Waals surface area contributed by atoms with Crippen LogP contribution >= 0.6 is 0 Å². The number of aromatic nitrogens is 2. The maximum atomic E-state index is 13.9. The molecule has 0 amide bonds. The molecule has 1 aromatic heterocycles. The van der Waals surface area contributed by atoms with Crippen LogP contribution in [0.2, 0.25) is 0 Å². The summed E-state index contributed by atoms with van der Waals surface area (Å²) in [5.74, 6) is 0.539. The summed E-state index contributed by atoms with van der Waals surface area (Å²) in [7, 11) is 1.99. The fourth-order valence-corrected chi connectivity index (χ4v) is 3.22. The van der Waals surface area contributed by atoms with Crippen molar-refractivity contribution >= 4 is 5.96 Å². The molecule has 0 saturated carbocycles. The molecular formula is C21H32FN5. The van der Waals surface area contributed by atoms with Gasteiger partial charge in [-0.2, -0.15) is 5.10 Å². The molecule has 1 aromatic carbocycles. The zero-order valence-corrected chi connectivity index (χ0v) is 17.4. The van der Waals surface area contributed by atoms with Gasteiger partial charge in [0.25, 0.3) is 0 Å². The second kappa shape index (κ2) is 9.53. The van der Waals surface area contributed by atoms with Crippen LogP contribution in [0.5, 0.6) is 0 Å². The highest BCUT2D eigenvalue weighted by Gasteiger charge is 2.14. The lowest BCUT2D eigenvalue weighted by molar-refractivity contribution is 0.607. The van der Waals surface area contributed by atoms with Crippen molar-refractivity contribution in [1.29, 1.82) is 0 Å². The summed E-state index contributed by atoms with van der Waals surface area (Å²) in [5.41, 5.74) is 5.08. The first-order valence-electron chi connectivity index (χ1n) is 9.75. The normalized spacial score (nSPS) is 12.9. The zero-order chi connectivity index (χ0) is 20.0. The van der Waals surface area contributed by atoms with Gasteiger partial charge in [0.15, 0.2) is 5.96 Å². The highest BCUT2D eigenvalue weighted by atomic mass is 19.1. The lowest BCUT2D eigenvalue weighted by atomic mass is 10.1. The maximum absolute atomic E-state index is 13.9. The maximum Gasteiger partial charge on any atom is 0.192 e. The van der Waals surface area contributed by atoms with Gasteiger partial charge in [0.1, 0.15) is 5.82 Å². The van der Waals surface area contributed by atoms with Crippen LogP contribution in [0.3, 0.4) is 0 Å². The first kappa shape index (κ1) is 20.9. The summed E-state index contributed by atoms with van der Waals surface area (Å²) >= 11 is 0. The van der Waals surface area contributed by atoms with Gasteiger partial charge in [-0.25, -0.2) is 9.38 Å². The molecule has 2 aromatic rings. The topological polar surface area (TPSA) is 54.2 Å². The van der Waals surface area contributed by atoms with Gasteiger partial charge in [0, 0.05) is 24.8 Å². The molecule has 1 atom stereocenters. The molecule has 1 unspecified atom stereocenters. The molecule has 0 fully saturated rings. The summed E-state index contributed by atoms with van der Waals surface area (Å²) in [5, 5.41) is 11.3. The van der Waals surface area contributed by atoms with E-state index in [0.717, 1.165) is 36.6 Å². The van der Waals surface area contributed by atoms with Gasteiger partial charge in [-0.3, -0.25) is 4.68 Å². The number of rotatable bonds is 7. The van der Waals surface area contributed by atoms with Gasteiger partial charge in [-0.15, -0.1) is 0 Å². The lowest BCUT2D eigenvalue weighted by Gasteiger charge is -2.18. The van der Waals surface area contributed by atoms with E-state index in [1.54, 1.807) is 13.0 Å². The molecule has 0 radical (unpaired) electrons. The summed E-state index contributed by atoms with van der Waals surface area (Å²) in [6.45, 7) is 11.4. The number of aliphatic imine (C=N–C) groups is 1. The minimum absolute atomic E-state index is 0.0527. The molecule has 6 heteroatoms. The Bertz CT molecular complexity index is 794. The van der Waals surface area contributed by atoms with Crippen LogP contribution < -0.4 is 10.6 Å². The number of hydrogen-bond donors (Lipinski definition) is 2. The van der Waals surface area contributed by atoms with Crippen LogP contribution in [0.15, 0.2) is 23.2 Å². The van der Waals surface area contributed by atoms with Crippen molar-refractivity contribution < 1.29 is 4.39 Å². The number of nitrogens with one attached hydrogen (secondary N) is 2. The second-order valence-electron chi connectivity index (χ2n) is 6.77. The van der Waals surface area contributed by atoms with Crippen LogP contribution in [-0.2, 0) is 26.4 Å². The Hall–Kier alpha value is -2.37. The van der Waals surface area contributed by atoms with Gasteiger partial charge >= 0.3 is 0 Å². The monoisotopic (exact) mass is 373 g/mol. The average molecular weight is 374 g/mol. The molecule has 5 nitrogen and oxygen atoms in total. The van der Waals surface area contributed by atoms with Crippen molar-refractivity contribution in [3.63, 3.8) is 0 Å². The average Bonchev–Trinajstić information content (AvgIpc) is 2.96. The minimum atomic E-state index is -0.182. The van der Waals surface area contributed by atoms with Gasteiger partial charge in [0.2, 0.25) is 0 Å². The highest BCUT2D eigenvalue weighted by molar-refractivity contribution is 5.80. The largest absolute Gasteiger partial charge is 0.357 e. The number of benzene rings is 1. The Kier molecular flexibility index (Phi) is 7.39. The fraction of sp³-hybridized carbons (Fsp3) is 0.524. The molecule has 27 heavy (non-hydrogen) atoms. The van der Waals surface area contributed by atoms with Crippen molar-refractivity contribution in [1.82, 2.24) is 20.4 Å².